The van der Waals surface area contributed by atoms with Gasteiger partial charge in [-0.1, -0.05) is 25.0 Å². The Labute approximate surface area is 145 Å². The number of carbonyl (C=O) groups excluding carboxylic acids is 1. The van der Waals surface area contributed by atoms with Gasteiger partial charge < -0.3 is 10.6 Å². The summed E-state index contributed by atoms with van der Waals surface area (Å²) in [4.78, 5) is 14.6. The molecule has 0 aromatic heterocycles. The van der Waals surface area contributed by atoms with Crippen LogP contribution < -0.4 is 10.6 Å². The molecule has 1 amide bonds. The molecule has 2 saturated heterocycles. The largest absolute Gasteiger partial charge is 0.325 e. The van der Waals surface area contributed by atoms with Gasteiger partial charge in [0, 0.05) is 12.2 Å². The van der Waals surface area contributed by atoms with Crippen molar-refractivity contribution in [3.05, 3.63) is 29.8 Å². The highest BCUT2D eigenvalue weighted by molar-refractivity contribution is 5.95. The molecule has 1 atom stereocenters. The Morgan fingerprint density at radius 3 is 2.39 bits per heavy atom. The Bertz CT molecular complexity index is 478. The van der Waals surface area contributed by atoms with Gasteiger partial charge in [-0.05, 0) is 63.0 Å². The van der Waals surface area contributed by atoms with Crippen LogP contribution in [0, 0.1) is 0 Å². The van der Waals surface area contributed by atoms with Crippen molar-refractivity contribution in [2.45, 2.75) is 51.1 Å². The molecule has 0 bridgehead atoms. The highest BCUT2D eigenvalue weighted by Crippen LogP contribution is 2.16. The van der Waals surface area contributed by atoms with Gasteiger partial charge in [-0.2, -0.15) is 0 Å². The van der Waals surface area contributed by atoms with Gasteiger partial charge in [-0.25, -0.2) is 0 Å². The quantitative estimate of drug-likeness (QED) is 0.887. The van der Waals surface area contributed by atoms with Crippen LogP contribution in [0.25, 0.3) is 0 Å². The first-order valence-electron chi connectivity index (χ1n) is 8.67. The normalized spacial score (nSPS) is 22.2. The maximum atomic E-state index is 12.1. The van der Waals surface area contributed by atoms with Crippen molar-refractivity contribution >= 4 is 24.0 Å². The molecule has 4 nitrogen and oxygen atoms in total. The highest BCUT2D eigenvalue weighted by atomic mass is 35.5. The summed E-state index contributed by atoms with van der Waals surface area (Å²) in [7, 11) is 0. The van der Waals surface area contributed by atoms with E-state index in [0.717, 1.165) is 31.6 Å². The number of rotatable bonds is 4. The molecule has 5 heteroatoms. The summed E-state index contributed by atoms with van der Waals surface area (Å²) in [5.41, 5.74) is 2.23. The molecular formula is C18H28ClN3O. The van der Waals surface area contributed by atoms with Crippen molar-refractivity contribution in [1.82, 2.24) is 10.2 Å². The summed E-state index contributed by atoms with van der Waals surface area (Å²) < 4.78 is 0. The van der Waals surface area contributed by atoms with Crippen LogP contribution in [0.1, 0.15) is 44.1 Å². The number of hydrogen-bond donors (Lipinski definition) is 2. The fourth-order valence-electron chi connectivity index (χ4n) is 3.38. The van der Waals surface area contributed by atoms with Crippen LogP contribution in [-0.2, 0) is 11.3 Å². The summed E-state index contributed by atoms with van der Waals surface area (Å²) in [6.07, 6.45) is 7.42. The molecule has 1 aromatic rings. The molecule has 2 heterocycles. The van der Waals surface area contributed by atoms with Gasteiger partial charge in [0.2, 0.25) is 5.91 Å². The second-order valence-corrected chi connectivity index (χ2v) is 6.53. The molecule has 2 N–H and O–H groups in total. The summed E-state index contributed by atoms with van der Waals surface area (Å²) in [6.45, 7) is 4.41. The number of carbonyl (C=O) groups is 1. The number of hydrogen-bond acceptors (Lipinski definition) is 3. The minimum atomic E-state index is -0.0169. The minimum Gasteiger partial charge on any atom is -0.325 e. The maximum absolute atomic E-state index is 12.1. The average molecular weight is 338 g/mol. The first-order valence-corrected chi connectivity index (χ1v) is 8.67. The van der Waals surface area contributed by atoms with E-state index in [1.165, 1.54) is 44.3 Å². The fraction of sp³-hybridized carbons (Fsp3) is 0.611. The SMILES string of the molecule is Cl.O=C(Nc1ccc(CN2CCCCCC2)cc1)[C@@H]1CCCN1. The Morgan fingerprint density at radius 1 is 1.09 bits per heavy atom. The molecule has 2 aliphatic heterocycles. The third-order valence-corrected chi connectivity index (χ3v) is 4.70. The predicted octanol–water partition coefficient (Wildman–Crippen LogP) is 3.17. The predicted molar refractivity (Wildman–Crippen MR) is 97.1 cm³/mol. The van der Waals surface area contributed by atoms with Gasteiger partial charge in [-0.15, -0.1) is 12.4 Å². The second-order valence-electron chi connectivity index (χ2n) is 6.53. The van der Waals surface area contributed by atoms with E-state index in [0.29, 0.717) is 0 Å². The zero-order chi connectivity index (χ0) is 15.2. The maximum Gasteiger partial charge on any atom is 0.241 e. The summed E-state index contributed by atoms with van der Waals surface area (Å²) in [5.74, 6) is 0.0952. The van der Waals surface area contributed by atoms with E-state index in [9.17, 15) is 4.79 Å². The molecule has 0 radical (unpaired) electrons. The molecule has 2 aliphatic rings. The third kappa shape index (κ3) is 5.48. The van der Waals surface area contributed by atoms with E-state index in [1.54, 1.807) is 0 Å². The average Bonchev–Trinajstić information content (AvgIpc) is 2.95. The number of likely N-dealkylation sites (tertiary alicyclic amines) is 1. The Kier molecular flexibility index (Phi) is 7.34. The number of nitrogens with one attached hydrogen (secondary N) is 2. The number of nitrogens with zero attached hydrogens (tertiary/aromatic N) is 1. The van der Waals surface area contributed by atoms with Crippen LogP contribution in [0.5, 0.6) is 0 Å². The molecule has 2 fully saturated rings. The first-order chi connectivity index (χ1) is 10.8. The van der Waals surface area contributed by atoms with E-state index in [1.807, 2.05) is 12.1 Å². The van der Waals surface area contributed by atoms with Crippen molar-refractivity contribution in [3.8, 4) is 0 Å². The van der Waals surface area contributed by atoms with Crippen molar-refractivity contribution < 1.29 is 4.79 Å². The van der Waals surface area contributed by atoms with E-state index in [4.69, 9.17) is 0 Å². The second kappa shape index (κ2) is 9.26. The number of benzene rings is 1. The molecule has 0 saturated carbocycles. The number of halogens is 1. The Morgan fingerprint density at radius 2 is 1.78 bits per heavy atom. The van der Waals surface area contributed by atoms with E-state index >= 15 is 0 Å². The van der Waals surface area contributed by atoms with E-state index in [2.05, 4.69) is 27.7 Å². The van der Waals surface area contributed by atoms with Crippen LogP contribution in [0.3, 0.4) is 0 Å². The molecule has 1 aromatic carbocycles. The van der Waals surface area contributed by atoms with E-state index < -0.39 is 0 Å². The molecular weight excluding hydrogens is 310 g/mol. The van der Waals surface area contributed by atoms with Gasteiger partial charge in [0.05, 0.1) is 6.04 Å². The lowest BCUT2D eigenvalue weighted by Gasteiger charge is -2.20. The molecule has 0 spiro atoms. The zero-order valence-electron chi connectivity index (χ0n) is 13.7. The zero-order valence-corrected chi connectivity index (χ0v) is 14.5. The van der Waals surface area contributed by atoms with Gasteiger partial charge in [0.15, 0.2) is 0 Å². The summed E-state index contributed by atoms with van der Waals surface area (Å²) in [5, 5.41) is 6.24. The van der Waals surface area contributed by atoms with Crippen molar-refractivity contribution in [3.63, 3.8) is 0 Å². The summed E-state index contributed by atoms with van der Waals surface area (Å²) >= 11 is 0. The fourth-order valence-corrected chi connectivity index (χ4v) is 3.38. The first kappa shape index (κ1) is 18.2. The number of anilines is 1. The van der Waals surface area contributed by atoms with Crippen LogP contribution in [0.2, 0.25) is 0 Å². The minimum absolute atomic E-state index is 0. The van der Waals surface area contributed by atoms with Crippen LogP contribution in [0.15, 0.2) is 24.3 Å². The van der Waals surface area contributed by atoms with Gasteiger partial charge in [0.1, 0.15) is 0 Å². The molecule has 0 unspecified atom stereocenters. The lowest BCUT2D eigenvalue weighted by Crippen LogP contribution is -2.35. The van der Waals surface area contributed by atoms with Gasteiger partial charge in [-0.3, -0.25) is 9.69 Å². The lowest BCUT2D eigenvalue weighted by atomic mass is 10.1. The Hall–Kier alpha value is -1.10. The highest BCUT2D eigenvalue weighted by Gasteiger charge is 2.21. The van der Waals surface area contributed by atoms with E-state index in [-0.39, 0.29) is 24.4 Å². The third-order valence-electron chi connectivity index (χ3n) is 4.70. The molecule has 128 valence electrons. The smallest absolute Gasteiger partial charge is 0.241 e. The standard InChI is InChI=1S/C18H27N3O.ClH/c22-18(17-6-5-11-19-17)20-16-9-7-15(8-10-16)14-21-12-3-1-2-4-13-21;/h7-10,17,19H,1-6,11-14H2,(H,20,22);1H/t17-;/m0./s1. The topological polar surface area (TPSA) is 44.4 Å². The number of amides is 1. The van der Waals surface area contributed by atoms with Crippen LogP contribution in [-0.4, -0.2) is 36.5 Å². The van der Waals surface area contributed by atoms with Crippen molar-refractivity contribution in [2.24, 2.45) is 0 Å². The molecule has 0 aliphatic carbocycles. The molecule has 23 heavy (non-hydrogen) atoms. The molecule has 3 rings (SSSR count). The van der Waals surface area contributed by atoms with Crippen LogP contribution >= 0.6 is 12.4 Å². The lowest BCUT2D eigenvalue weighted by molar-refractivity contribution is -0.117. The van der Waals surface area contributed by atoms with Gasteiger partial charge >= 0.3 is 0 Å². The van der Waals surface area contributed by atoms with Gasteiger partial charge in [0.25, 0.3) is 0 Å². The van der Waals surface area contributed by atoms with Crippen molar-refractivity contribution in [2.75, 3.05) is 25.0 Å². The van der Waals surface area contributed by atoms with Crippen molar-refractivity contribution in [1.29, 1.82) is 0 Å². The van der Waals surface area contributed by atoms with Crippen LogP contribution in [0.4, 0.5) is 5.69 Å². The monoisotopic (exact) mass is 337 g/mol. The summed E-state index contributed by atoms with van der Waals surface area (Å²) in [6, 6.07) is 8.32. The Balaban J connectivity index is 0.00000192.